The van der Waals surface area contributed by atoms with E-state index in [1.807, 2.05) is 4.90 Å². The lowest BCUT2D eigenvalue weighted by atomic mass is 9.93. The van der Waals surface area contributed by atoms with E-state index in [4.69, 9.17) is 4.74 Å². The highest BCUT2D eigenvalue weighted by Crippen LogP contribution is 2.28. The Hall–Kier alpha value is -0.610. The summed E-state index contributed by atoms with van der Waals surface area (Å²) in [6.45, 7) is 9.70. The molecule has 4 nitrogen and oxygen atoms in total. The van der Waals surface area contributed by atoms with E-state index >= 15 is 0 Å². The summed E-state index contributed by atoms with van der Waals surface area (Å²) in [6.07, 6.45) is 1.95. The van der Waals surface area contributed by atoms with Crippen molar-refractivity contribution in [2.75, 3.05) is 26.2 Å². The van der Waals surface area contributed by atoms with Gasteiger partial charge in [0.05, 0.1) is 12.0 Å². The fraction of sp³-hybridized carbons (Fsp3) is 0.923. The first-order valence-corrected chi connectivity index (χ1v) is 6.70. The largest absolute Gasteiger partial charge is 0.377 e. The first-order chi connectivity index (χ1) is 8.06. The van der Waals surface area contributed by atoms with E-state index in [0.29, 0.717) is 5.91 Å². The van der Waals surface area contributed by atoms with Crippen LogP contribution in [0.2, 0.25) is 0 Å². The first-order valence-electron chi connectivity index (χ1n) is 6.70. The first kappa shape index (κ1) is 12.8. The van der Waals surface area contributed by atoms with Crippen LogP contribution < -0.4 is 5.32 Å². The van der Waals surface area contributed by atoms with Gasteiger partial charge in [-0.05, 0) is 26.7 Å². The number of hydrogen-bond donors (Lipinski definition) is 1. The van der Waals surface area contributed by atoms with Gasteiger partial charge in [0.1, 0.15) is 0 Å². The summed E-state index contributed by atoms with van der Waals surface area (Å²) >= 11 is 0. The molecule has 0 aliphatic carbocycles. The van der Waals surface area contributed by atoms with E-state index in [0.717, 1.165) is 39.1 Å². The van der Waals surface area contributed by atoms with Crippen molar-refractivity contribution >= 4 is 5.91 Å². The number of nitrogens with zero attached hydrogens (tertiary/aromatic N) is 1. The molecule has 2 atom stereocenters. The van der Waals surface area contributed by atoms with Crippen LogP contribution in [-0.4, -0.2) is 48.7 Å². The van der Waals surface area contributed by atoms with Crippen LogP contribution in [-0.2, 0) is 9.53 Å². The fourth-order valence-electron chi connectivity index (χ4n) is 2.93. The Bertz CT molecular complexity index is 291. The number of piperazine rings is 1. The molecule has 2 fully saturated rings. The van der Waals surface area contributed by atoms with E-state index in [9.17, 15) is 4.79 Å². The van der Waals surface area contributed by atoms with Gasteiger partial charge in [0.25, 0.3) is 0 Å². The number of hydrogen-bond acceptors (Lipinski definition) is 3. The van der Waals surface area contributed by atoms with Gasteiger partial charge in [-0.3, -0.25) is 4.79 Å². The van der Waals surface area contributed by atoms with Crippen LogP contribution in [0.3, 0.4) is 0 Å². The molecule has 1 N–H and O–H groups in total. The third-order valence-electron chi connectivity index (χ3n) is 4.00. The van der Waals surface area contributed by atoms with Gasteiger partial charge in [0.2, 0.25) is 5.91 Å². The van der Waals surface area contributed by atoms with Crippen LogP contribution in [0.5, 0.6) is 0 Å². The van der Waals surface area contributed by atoms with E-state index < -0.39 is 0 Å². The summed E-state index contributed by atoms with van der Waals surface area (Å²) in [5, 5.41) is 3.35. The number of amides is 1. The van der Waals surface area contributed by atoms with Crippen LogP contribution in [0.4, 0.5) is 0 Å². The predicted octanol–water partition coefficient (Wildman–Crippen LogP) is 1.01. The summed E-state index contributed by atoms with van der Waals surface area (Å²) in [5.41, 5.74) is -0.0732. The molecule has 2 aliphatic rings. The molecule has 2 aliphatic heterocycles. The Morgan fingerprint density at radius 3 is 2.94 bits per heavy atom. The van der Waals surface area contributed by atoms with Crippen LogP contribution in [0.15, 0.2) is 0 Å². The van der Waals surface area contributed by atoms with Crippen molar-refractivity contribution in [3.05, 3.63) is 0 Å². The molecule has 0 spiro atoms. The summed E-state index contributed by atoms with van der Waals surface area (Å²) in [6, 6.07) is 0. The van der Waals surface area contributed by atoms with Gasteiger partial charge in [-0.1, -0.05) is 6.92 Å². The molecular formula is C13H24N2O2. The molecule has 1 amide bonds. The maximum Gasteiger partial charge on any atom is 0.228 e. The summed E-state index contributed by atoms with van der Waals surface area (Å²) in [5.74, 6) is 0.373. The van der Waals surface area contributed by atoms with Crippen molar-refractivity contribution in [1.29, 1.82) is 0 Å². The van der Waals surface area contributed by atoms with Crippen LogP contribution in [0.1, 0.15) is 33.6 Å². The second kappa shape index (κ2) is 4.94. The minimum atomic E-state index is -0.0732. The zero-order valence-corrected chi connectivity index (χ0v) is 11.2. The minimum Gasteiger partial charge on any atom is -0.377 e. The quantitative estimate of drug-likeness (QED) is 0.783. The van der Waals surface area contributed by atoms with Crippen molar-refractivity contribution in [3.8, 4) is 0 Å². The topological polar surface area (TPSA) is 41.6 Å². The lowest BCUT2D eigenvalue weighted by Crippen LogP contribution is -2.61. The van der Waals surface area contributed by atoms with Crippen LogP contribution in [0.25, 0.3) is 0 Å². The van der Waals surface area contributed by atoms with Gasteiger partial charge >= 0.3 is 0 Å². The van der Waals surface area contributed by atoms with Crippen molar-refractivity contribution in [2.24, 2.45) is 5.92 Å². The minimum absolute atomic E-state index is 0.0732. The molecule has 2 unspecified atom stereocenters. The molecule has 0 aromatic carbocycles. The average Bonchev–Trinajstić information content (AvgIpc) is 2.75. The lowest BCUT2D eigenvalue weighted by Gasteiger charge is -2.44. The molecule has 0 bridgehead atoms. The number of carbonyl (C=O) groups excluding carboxylic acids is 1. The number of nitrogens with one attached hydrogen (secondary N) is 1. The molecule has 2 saturated heterocycles. The van der Waals surface area contributed by atoms with Crippen LogP contribution in [0, 0.1) is 5.92 Å². The summed E-state index contributed by atoms with van der Waals surface area (Å²) < 4.78 is 5.63. The fourth-order valence-corrected chi connectivity index (χ4v) is 2.93. The highest BCUT2D eigenvalue weighted by Gasteiger charge is 2.41. The van der Waals surface area contributed by atoms with Crippen molar-refractivity contribution in [1.82, 2.24) is 10.2 Å². The standard InChI is InChI=1S/C13H24N2O2/c1-4-11-10(5-8-17-11)12(16)15-7-6-14-9-13(15,2)3/h10-11,14H,4-9H2,1-3H3. The Kier molecular flexibility index (Phi) is 3.73. The highest BCUT2D eigenvalue weighted by molar-refractivity contribution is 5.80. The Labute approximate surface area is 104 Å². The van der Waals surface area contributed by atoms with Gasteiger partial charge < -0.3 is 15.0 Å². The van der Waals surface area contributed by atoms with E-state index in [1.165, 1.54) is 0 Å². The van der Waals surface area contributed by atoms with Crippen molar-refractivity contribution in [2.45, 2.75) is 45.3 Å². The Morgan fingerprint density at radius 2 is 2.29 bits per heavy atom. The molecule has 4 heteroatoms. The summed E-state index contributed by atoms with van der Waals surface area (Å²) in [4.78, 5) is 14.7. The average molecular weight is 240 g/mol. The van der Waals surface area contributed by atoms with Crippen LogP contribution >= 0.6 is 0 Å². The van der Waals surface area contributed by atoms with Crippen molar-refractivity contribution in [3.63, 3.8) is 0 Å². The number of ether oxygens (including phenoxy) is 1. The lowest BCUT2D eigenvalue weighted by molar-refractivity contribution is -0.144. The zero-order chi connectivity index (χ0) is 12.5. The van der Waals surface area contributed by atoms with E-state index in [1.54, 1.807) is 0 Å². The SMILES string of the molecule is CCC1OCCC1C(=O)N1CCNCC1(C)C. The maximum absolute atomic E-state index is 12.6. The molecule has 2 heterocycles. The van der Waals surface area contributed by atoms with Gasteiger partial charge in [0.15, 0.2) is 0 Å². The third kappa shape index (κ3) is 2.47. The smallest absolute Gasteiger partial charge is 0.228 e. The second-order valence-electron chi connectivity index (χ2n) is 5.69. The van der Waals surface area contributed by atoms with E-state index in [2.05, 4.69) is 26.1 Å². The molecule has 0 aromatic heterocycles. The number of carbonyl (C=O) groups is 1. The predicted molar refractivity (Wildman–Crippen MR) is 66.8 cm³/mol. The molecule has 17 heavy (non-hydrogen) atoms. The molecule has 0 radical (unpaired) electrons. The summed E-state index contributed by atoms with van der Waals surface area (Å²) in [7, 11) is 0. The molecule has 2 rings (SSSR count). The zero-order valence-electron chi connectivity index (χ0n) is 11.2. The van der Waals surface area contributed by atoms with Gasteiger partial charge in [-0.25, -0.2) is 0 Å². The number of rotatable bonds is 2. The Balaban J connectivity index is 2.08. The normalized spacial score (nSPS) is 32.8. The van der Waals surface area contributed by atoms with E-state index in [-0.39, 0.29) is 17.6 Å². The molecule has 0 aromatic rings. The second-order valence-corrected chi connectivity index (χ2v) is 5.69. The highest BCUT2D eigenvalue weighted by atomic mass is 16.5. The van der Waals surface area contributed by atoms with Gasteiger partial charge in [-0.2, -0.15) is 0 Å². The monoisotopic (exact) mass is 240 g/mol. The third-order valence-corrected chi connectivity index (χ3v) is 4.00. The maximum atomic E-state index is 12.6. The molecule has 0 saturated carbocycles. The van der Waals surface area contributed by atoms with Gasteiger partial charge in [-0.15, -0.1) is 0 Å². The van der Waals surface area contributed by atoms with Crippen molar-refractivity contribution < 1.29 is 9.53 Å². The Morgan fingerprint density at radius 1 is 1.53 bits per heavy atom. The molecule has 98 valence electrons. The molecular weight excluding hydrogens is 216 g/mol. The van der Waals surface area contributed by atoms with Gasteiger partial charge in [0, 0.05) is 31.8 Å².